The molecule has 2 amide bonds. The lowest BCUT2D eigenvalue weighted by Gasteiger charge is -2.21. The number of rotatable bonds is 5. The molecular formula is C25H23F3N4O5. The van der Waals surface area contributed by atoms with E-state index in [1.54, 1.807) is 38.2 Å². The van der Waals surface area contributed by atoms with Crippen molar-refractivity contribution in [1.82, 2.24) is 15.3 Å². The average molecular weight is 516 g/mol. The highest BCUT2D eigenvalue weighted by molar-refractivity contribution is 5.98. The van der Waals surface area contributed by atoms with Crippen molar-refractivity contribution in [2.45, 2.75) is 26.4 Å². The maximum absolute atomic E-state index is 12.8. The predicted octanol–water partition coefficient (Wildman–Crippen LogP) is 4.65. The normalized spacial score (nSPS) is 13.1. The first-order valence-corrected chi connectivity index (χ1v) is 11.4. The van der Waals surface area contributed by atoms with E-state index in [0.29, 0.717) is 29.8 Å². The van der Waals surface area contributed by atoms with Crippen LogP contribution in [0.2, 0.25) is 0 Å². The summed E-state index contributed by atoms with van der Waals surface area (Å²) in [6.07, 6.45) is -4.30. The monoisotopic (exact) mass is 516 g/mol. The SMILES string of the molecule is CC(C)COC(=O)N(OC(=O)C(F)(F)F)c1ccc(-c2cc(-c3cc4c([nH]3)CCNC4=O)ccn2)cc1. The molecular weight excluding hydrogens is 493 g/mol. The lowest BCUT2D eigenvalue weighted by Crippen LogP contribution is -2.39. The summed E-state index contributed by atoms with van der Waals surface area (Å²) < 4.78 is 43.3. The first-order valence-electron chi connectivity index (χ1n) is 11.4. The van der Waals surface area contributed by atoms with Gasteiger partial charge in [0.25, 0.3) is 5.91 Å². The Morgan fingerprint density at radius 2 is 1.84 bits per heavy atom. The van der Waals surface area contributed by atoms with Gasteiger partial charge in [-0.05, 0) is 36.2 Å². The van der Waals surface area contributed by atoms with Crippen molar-refractivity contribution in [2.24, 2.45) is 5.92 Å². The Kier molecular flexibility index (Phi) is 7.18. The van der Waals surface area contributed by atoms with Crippen LogP contribution in [0.4, 0.5) is 23.7 Å². The molecule has 1 aromatic carbocycles. The van der Waals surface area contributed by atoms with Crippen molar-refractivity contribution in [3.8, 4) is 22.5 Å². The number of carbonyl (C=O) groups is 3. The molecule has 1 aliphatic rings. The van der Waals surface area contributed by atoms with Gasteiger partial charge in [0, 0.05) is 41.7 Å². The lowest BCUT2D eigenvalue weighted by molar-refractivity contribution is -0.200. The second-order valence-corrected chi connectivity index (χ2v) is 8.70. The minimum absolute atomic E-state index is 0.0858. The van der Waals surface area contributed by atoms with Crippen LogP contribution in [0.15, 0.2) is 48.7 Å². The highest BCUT2D eigenvalue weighted by Gasteiger charge is 2.44. The number of carbonyl (C=O) groups excluding carboxylic acids is 3. The quantitative estimate of drug-likeness (QED) is 0.478. The van der Waals surface area contributed by atoms with Gasteiger partial charge < -0.3 is 19.9 Å². The topological polar surface area (TPSA) is 114 Å². The molecule has 2 aromatic heterocycles. The summed E-state index contributed by atoms with van der Waals surface area (Å²) in [7, 11) is 0. The Morgan fingerprint density at radius 1 is 1.11 bits per heavy atom. The molecule has 0 saturated heterocycles. The molecule has 37 heavy (non-hydrogen) atoms. The minimum atomic E-state index is -5.31. The molecule has 9 nitrogen and oxygen atoms in total. The van der Waals surface area contributed by atoms with Crippen LogP contribution < -0.4 is 10.4 Å². The van der Waals surface area contributed by atoms with Gasteiger partial charge in [-0.15, -0.1) is 5.06 Å². The zero-order chi connectivity index (χ0) is 26.7. The molecule has 0 saturated carbocycles. The van der Waals surface area contributed by atoms with Gasteiger partial charge in [-0.25, -0.2) is 9.59 Å². The number of nitrogens with one attached hydrogen (secondary N) is 2. The van der Waals surface area contributed by atoms with Gasteiger partial charge >= 0.3 is 18.2 Å². The molecule has 0 aliphatic carbocycles. The fraction of sp³-hybridized carbons (Fsp3) is 0.280. The second-order valence-electron chi connectivity index (χ2n) is 8.70. The number of halogens is 3. The number of aromatic amines is 1. The maximum atomic E-state index is 12.8. The molecule has 0 fully saturated rings. The van der Waals surface area contributed by atoms with Gasteiger partial charge in [-0.2, -0.15) is 13.2 Å². The summed E-state index contributed by atoms with van der Waals surface area (Å²) in [4.78, 5) is 47.8. The van der Waals surface area contributed by atoms with Crippen molar-refractivity contribution in [2.75, 3.05) is 18.2 Å². The van der Waals surface area contributed by atoms with E-state index in [-0.39, 0.29) is 29.2 Å². The van der Waals surface area contributed by atoms with Crippen molar-refractivity contribution < 1.29 is 37.1 Å². The van der Waals surface area contributed by atoms with Gasteiger partial charge in [-0.3, -0.25) is 9.78 Å². The number of hydroxylamine groups is 1. The molecule has 194 valence electrons. The first-order chi connectivity index (χ1) is 17.5. The van der Waals surface area contributed by atoms with Crippen LogP contribution in [0.25, 0.3) is 22.5 Å². The van der Waals surface area contributed by atoms with E-state index < -0.39 is 18.2 Å². The van der Waals surface area contributed by atoms with Crippen LogP contribution in [0, 0.1) is 5.92 Å². The summed E-state index contributed by atoms with van der Waals surface area (Å²) in [6.45, 7) is 3.95. The number of nitrogens with zero attached hydrogens (tertiary/aromatic N) is 2. The molecule has 0 spiro atoms. The Balaban J connectivity index is 1.59. The molecule has 1 aliphatic heterocycles. The molecule has 2 N–H and O–H groups in total. The lowest BCUT2D eigenvalue weighted by atomic mass is 10.1. The van der Waals surface area contributed by atoms with Gasteiger partial charge in [0.1, 0.15) is 0 Å². The standard InChI is InChI=1S/C25H23F3N4O5/c1-14(2)13-36-24(35)32(37-23(34)25(26,27)28)17-5-3-15(4-6-17)20-11-16(7-9-29-20)21-12-18-19(31-21)8-10-30-22(18)33/h3-7,9,11-12,14,31H,8,10,13H2,1-2H3,(H,30,33). The number of alkyl halides is 3. The van der Waals surface area contributed by atoms with Crippen molar-refractivity contribution >= 4 is 23.7 Å². The zero-order valence-corrected chi connectivity index (χ0v) is 19.9. The summed E-state index contributed by atoms with van der Waals surface area (Å²) in [5, 5.41) is 2.96. The average Bonchev–Trinajstić information content (AvgIpc) is 3.31. The third-order valence-electron chi connectivity index (χ3n) is 5.38. The number of aromatic nitrogens is 2. The first kappa shape index (κ1) is 25.7. The number of fused-ring (bicyclic) bond motifs is 1. The minimum Gasteiger partial charge on any atom is -0.447 e. The van der Waals surface area contributed by atoms with Gasteiger partial charge in [0.05, 0.1) is 23.6 Å². The van der Waals surface area contributed by atoms with E-state index in [1.165, 1.54) is 24.3 Å². The van der Waals surface area contributed by atoms with E-state index in [0.717, 1.165) is 17.0 Å². The van der Waals surface area contributed by atoms with Crippen LogP contribution >= 0.6 is 0 Å². The highest BCUT2D eigenvalue weighted by atomic mass is 19.4. The van der Waals surface area contributed by atoms with E-state index in [9.17, 15) is 27.6 Å². The third kappa shape index (κ3) is 5.90. The van der Waals surface area contributed by atoms with Crippen LogP contribution in [0.1, 0.15) is 29.9 Å². The van der Waals surface area contributed by atoms with Crippen molar-refractivity contribution in [3.63, 3.8) is 0 Å². The zero-order valence-electron chi connectivity index (χ0n) is 19.9. The van der Waals surface area contributed by atoms with Crippen LogP contribution in [0.5, 0.6) is 0 Å². The Labute approximate surface area is 209 Å². The fourth-order valence-electron chi connectivity index (χ4n) is 3.60. The van der Waals surface area contributed by atoms with Crippen LogP contribution in [-0.2, 0) is 20.8 Å². The molecule has 3 heterocycles. The van der Waals surface area contributed by atoms with Crippen LogP contribution in [-0.4, -0.2) is 47.3 Å². The number of hydrogen-bond donors (Lipinski definition) is 2. The Bertz CT molecular complexity index is 1320. The summed E-state index contributed by atoms with van der Waals surface area (Å²) in [5.74, 6) is -2.80. The smallest absolute Gasteiger partial charge is 0.447 e. The third-order valence-corrected chi connectivity index (χ3v) is 5.38. The van der Waals surface area contributed by atoms with Crippen molar-refractivity contribution in [1.29, 1.82) is 0 Å². The summed E-state index contributed by atoms with van der Waals surface area (Å²) in [6, 6.07) is 11.0. The number of H-pyrrole nitrogens is 1. The number of anilines is 1. The van der Waals surface area contributed by atoms with E-state index in [4.69, 9.17) is 4.74 Å². The van der Waals surface area contributed by atoms with Crippen LogP contribution in [0.3, 0.4) is 0 Å². The fourth-order valence-corrected chi connectivity index (χ4v) is 3.60. The molecule has 4 rings (SSSR count). The molecule has 0 unspecified atom stereocenters. The Hall–Kier alpha value is -4.35. The maximum Gasteiger partial charge on any atom is 0.493 e. The van der Waals surface area contributed by atoms with Gasteiger partial charge in [0.15, 0.2) is 0 Å². The molecule has 12 heteroatoms. The number of amides is 2. The number of pyridine rings is 1. The Morgan fingerprint density at radius 3 is 2.49 bits per heavy atom. The molecule has 0 atom stereocenters. The highest BCUT2D eigenvalue weighted by Crippen LogP contribution is 2.29. The van der Waals surface area contributed by atoms with Gasteiger partial charge in [0.2, 0.25) is 0 Å². The summed E-state index contributed by atoms with van der Waals surface area (Å²) >= 11 is 0. The number of benzene rings is 1. The van der Waals surface area contributed by atoms with Crippen molar-refractivity contribution in [3.05, 3.63) is 59.9 Å². The summed E-state index contributed by atoms with van der Waals surface area (Å²) in [5.41, 5.74) is 3.91. The number of ether oxygens (including phenoxy) is 1. The molecule has 3 aromatic rings. The van der Waals surface area contributed by atoms with E-state index in [1.807, 2.05) is 0 Å². The van der Waals surface area contributed by atoms with E-state index >= 15 is 0 Å². The second kappa shape index (κ2) is 10.3. The predicted molar refractivity (Wildman–Crippen MR) is 126 cm³/mol. The largest absolute Gasteiger partial charge is 0.493 e. The van der Waals surface area contributed by atoms with Gasteiger partial charge in [-0.1, -0.05) is 26.0 Å². The molecule has 0 bridgehead atoms. The van der Waals surface area contributed by atoms with E-state index in [2.05, 4.69) is 20.1 Å². The molecule has 0 radical (unpaired) electrons. The number of hydrogen-bond acceptors (Lipinski definition) is 6.